The third kappa shape index (κ3) is 4.75. The van der Waals surface area contributed by atoms with E-state index in [1.807, 2.05) is 31.0 Å². The van der Waals surface area contributed by atoms with Crippen LogP contribution in [-0.2, 0) is 16.1 Å². The van der Waals surface area contributed by atoms with Crippen molar-refractivity contribution in [2.24, 2.45) is 0 Å². The Labute approximate surface area is 144 Å². The first kappa shape index (κ1) is 17.3. The molecule has 2 fully saturated rings. The summed E-state index contributed by atoms with van der Waals surface area (Å²) in [6.07, 6.45) is 4.00. The lowest BCUT2D eigenvalue weighted by Crippen LogP contribution is -2.53. The predicted molar refractivity (Wildman–Crippen MR) is 92.5 cm³/mol. The fourth-order valence-electron chi connectivity index (χ4n) is 3.53. The van der Waals surface area contributed by atoms with Gasteiger partial charge in [-0.25, -0.2) is 0 Å². The van der Waals surface area contributed by atoms with E-state index in [4.69, 9.17) is 4.74 Å². The first-order valence-electron chi connectivity index (χ1n) is 8.87. The molecule has 0 aliphatic carbocycles. The molecule has 1 amide bonds. The molecule has 2 atom stereocenters. The lowest BCUT2D eigenvalue weighted by molar-refractivity contribution is -0.144. The van der Waals surface area contributed by atoms with Gasteiger partial charge in [-0.1, -0.05) is 6.07 Å². The average Bonchev–Trinajstić information content (AvgIpc) is 2.57. The SMILES string of the molecule is C[C@@H]1CN(C(=O)CN2CCN(Cc3cccnc3)CC2)C[C@@H](C)O1. The number of ether oxygens (including phenoxy) is 1. The van der Waals surface area contributed by atoms with E-state index >= 15 is 0 Å². The van der Waals surface area contributed by atoms with Crippen molar-refractivity contribution in [1.29, 1.82) is 0 Å². The highest BCUT2D eigenvalue weighted by Gasteiger charge is 2.27. The Morgan fingerprint density at radius 3 is 2.46 bits per heavy atom. The van der Waals surface area contributed by atoms with Crippen LogP contribution in [0.3, 0.4) is 0 Å². The highest BCUT2D eigenvalue weighted by molar-refractivity contribution is 5.78. The lowest BCUT2D eigenvalue weighted by atomic mass is 10.2. The zero-order chi connectivity index (χ0) is 16.9. The van der Waals surface area contributed by atoms with E-state index in [2.05, 4.69) is 20.9 Å². The Morgan fingerprint density at radius 1 is 1.17 bits per heavy atom. The minimum atomic E-state index is 0.133. The van der Waals surface area contributed by atoms with Crippen molar-refractivity contribution in [3.8, 4) is 0 Å². The number of carbonyl (C=O) groups is 1. The van der Waals surface area contributed by atoms with Crippen LogP contribution < -0.4 is 0 Å². The second-order valence-corrected chi connectivity index (χ2v) is 6.97. The number of rotatable bonds is 4. The zero-order valence-corrected chi connectivity index (χ0v) is 14.7. The molecule has 3 rings (SSSR count). The van der Waals surface area contributed by atoms with Crippen molar-refractivity contribution in [3.63, 3.8) is 0 Å². The molecule has 0 bridgehead atoms. The minimum absolute atomic E-state index is 0.133. The molecule has 0 saturated carbocycles. The number of pyridine rings is 1. The molecule has 2 aliphatic rings. The molecule has 0 radical (unpaired) electrons. The van der Waals surface area contributed by atoms with Gasteiger partial charge in [0.25, 0.3) is 0 Å². The van der Waals surface area contributed by atoms with Crippen molar-refractivity contribution in [2.75, 3.05) is 45.8 Å². The van der Waals surface area contributed by atoms with Crippen molar-refractivity contribution in [2.45, 2.75) is 32.6 Å². The van der Waals surface area contributed by atoms with Crippen molar-refractivity contribution < 1.29 is 9.53 Å². The van der Waals surface area contributed by atoms with E-state index in [1.165, 1.54) is 5.56 Å². The summed E-state index contributed by atoms with van der Waals surface area (Å²) in [5, 5.41) is 0. The molecule has 2 aliphatic heterocycles. The Kier molecular flexibility index (Phi) is 5.81. The molecule has 0 unspecified atom stereocenters. The predicted octanol–water partition coefficient (Wildman–Crippen LogP) is 0.835. The van der Waals surface area contributed by atoms with E-state index in [1.54, 1.807) is 6.20 Å². The van der Waals surface area contributed by atoms with Gasteiger partial charge in [-0.15, -0.1) is 0 Å². The first-order chi connectivity index (χ1) is 11.6. The van der Waals surface area contributed by atoms with Gasteiger partial charge in [-0.3, -0.25) is 19.6 Å². The monoisotopic (exact) mass is 332 g/mol. The van der Waals surface area contributed by atoms with Crippen LogP contribution in [0.4, 0.5) is 0 Å². The van der Waals surface area contributed by atoms with Gasteiger partial charge in [0.2, 0.25) is 5.91 Å². The lowest BCUT2D eigenvalue weighted by Gasteiger charge is -2.38. The average molecular weight is 332 g/mol. The topological polar surface area (TPSA) is 48.9 Å². The van der Waals surface area contributed by atoms with Crippen LogP contribution in [-0.4, -0.2) is 83.6 Å². The summed E-state index contributed by atoms with van der Waals surface area (Å²) in [7, 11) is 0. The molecular formula is C18H28N4O2. The molecule has 132 valence electrons. The molecule has 0 aromatic carbocycles. The maximum atomic E-state index is 12.5. The minimum Gasteiger partial charge on any atom is -0.372 e. The molecule has 6 nitrogen and oxygen atoms in total. The van der Waals surface area contributed by atoms with E-state index in [0.717, 1.165) is 32.7 Å². The number of amides is 1. The molecule has 6 heteroatoms. The molecule has 1 aromatic rings. The summed E-state index contributed by atoms with van der Waals surface area (Å²) < 4.78 is 5.71. The molecule has 1 aromatic heterocycles. The van der Waals surface area contributed by atoms with Gasteiger partial charge in [0.1, 0.15) is 0 Å². The summed E-state index contributed by atoms with van der Waals surface area (Å²) in [5.74, 6) is 0.234. The van der Waals surface area contributed by atoms with Crippen molar-refractivity contribution >= 4 is 5.91 Å². The molecule has 3 heterocycles. The normalized spacial score (nSPS) is 26.5. The largest absolute Gasteiger partial charge is 0.372 e. The number of carbonyl (C=O) groups excluding carboxylic acids is 1. The quantitative estimate of drug-likeness (QED) is 0.818. The summed E-state index contributed by atoms with van der Waals surface area (Å²) in [4.78, 5) is 23.4. The molecule has 2 saturated heterocycles. The summed E-state index contributed by atoms with van der Waals surface area (Å²) in [5.41, 5.74) is 1.25. The highest BCUT2D eigenvalue weighted by atomic mass is 16.5. The maximum absolute atomic E-state index is 12.5. The molecule has 0 spiro atoms. The Morgan fingerprint density at radius 2 is 1.83 bits per heavy atom. The molecule has 24 heavy (non-hydrogen) atoms. The van der Waals surface area contributed by atoms with Gasteiger partial charge >= 0.3 is 0 Å². The van der Waals surface area contributed by atoms with Crippen LogP contribution in [0, 0.1) is 0 Å². The second kappa shape index (κ2) is 8.05. The van der Waals surface area contributed by atoms with Crippen LogP contribution in [0.5, 0.6) is 0 Å². The zero-order valence-electron chi connectivity index (χ0n) is 14.7. The third-order valence-corrected chi connectivity index (χ3v) is 4.73. The van der Waals surface area contributed by atoms with Crippen LogP contribution in [0.1, 0.15) is 19.4 Å². The van der Waals surface area contributed by atoms with Crippen LogP contribution >= 0.6 is 0 Å². The number of hydrogen-bond donors (Lipinski definition) is 0. The van der Waals surface area contributed by atoms with E-state index in [9.17, 15) is 4.79 Å². The van der Waals surface area contributed by atoms with Gasteiger partial charge in [0.05, 0.1) is 18.8 Å². The van der Waals surface area contributed by atoms with Crippen LogP contribution in [0.25, 0.3) is 0 Å². The number of nitrogens with zero attached hydrogens (tertiary/aromatic N) is 4. The van der Waals surface area contributed by atoms with Gasteiger partial charge in [-0.05, 0) is 25.5 Å². The molecule has 0 N–H and O–H groups in total. The van der Waals surface area contributed by atoms with E-state index in [-0.39, 0.29) is 18.1 Å². The van der Waals surface area contributed by atoms with E-state index < -0.39 is 0 Å². The van der Waals surface area contributed by atoms with Crippen LogP contribution in [0.15, 0.2) is 24.5 Å². The van der Waals surface area contributed by atoms with Crippen LogP contribution in [0.2, 0.25) is 0 Å². The Balaban J connectivity index is 1.42. The summed E-state index contributed by atoms with van der Waals surface area (Å²) >= 11 is 0. The second-order valence-electron chi connectivity index (χ2n) is 6.97. The number of hydrogen-bond acceptors (Lipinski definition) is 5. The molecular weight excluding hydrogens is 304 g/mol. The van der Waals surface area contributed by atoms with Gasteiger partial charge in [-0.2, -0.15) is 0 Å². The summed E-state index contributed by atoms with van der Waals surface area (Å²) in [6, 6.07) is 4.10. The highest BCUT2D eigenvalue weighted by Crippen LogP contribution is 2.12. The fraction of sp³-hybridized carbons (Fsp3) is 0.667. The van der Waals surface area contributed by atoms with E-state index in [0.29, 0.717) is 19.6 Å². The standard InChI is InChI=1S/C18H28N4O2/c1-15-11-22(12-16(2)24-15)18(23)14-21-8-6-20(7-9-21)13-17-4-3-5-19-10-17/h3-5,10,15-16H,6-9,11-14H2,1-2H3/t15-,16-/m1/s1. The van der Waals surface area contributed by atoms with Crippen molar-refractivity contribution in [1.82, 2.24) is 19.7 Å². The number of morpholine rings is 1. The number of aromatic nitrogens is 1. The maximum Gasteiger partial charge on any atom is 0.236 e. The van der Waals surface area contributed by atoms with Crippen molar-refractivity contribution in [3.05, 3.63) is 30.1 Å². The first-order valence-corrected chi connectivity index (χ1v) is 8.87. The fourth-order valence-corrected chi connectivity index (χ4v) is 3.53. The van der Waals surface area contributed by atoms with Gasteiger partial charge < -0.3 is 9.64 Å². The Bertz CT molecular complexity index is 521. The third-order valence-electron chi connectivity index (χ3n) is 4.73. The van der Waals surface area contributed by atoms with Gasteiger partial charge in [0, 0.05) is 58.2 Å². The smallest absolute Gasteiger partial charge is 0.236 e. The summed E-state index contributed by atoms with van der Waals surface area (Å²) in [6.45, 7) is 10.8. The van der Waals surface area contributed by atoms with Gasteiger partial charge in [0.15, 0.2) is 0 Å². The number of piperazine rings is 1. The Hall–Kier alpha value is -1.50.